The Hall–Kier alpha value is -1.30. The Kier molecular flexibility index (Phi) is 5.60. The Balaban J connectivity index is 2.43. The van der Waals surface area contributed by atoms with Gasteiger partial charge >= 0.3 is 12.0 Å². The van der Waals surface area contributed by atoms with Gasteiger partial charge < -0.3 is 20.1 Å². The van der Waals surface area contributed by atoms with E-state index in [0.717, 1.165) is 25.9 Å². The molecule has 0 aromatic heterocycles. The second kappa shape index (κ2) is 6.75. The van der Waals surface area contributed by atoms with Crippen LogP contribution in [0.4, 0.5) is 4.79 Å². The van der Waals surface area contributed by atoms with E-state index in [2.05, 4.69) is 5.32 Å². The molecule has 1 saturated heterocycles. The monoisotopic (exact) mass is 272 g/mol. The summed E-state index contributed by atoms with van der Waals surface area (Å²) in [6.07, 6.45) is 3.11. The Morgan fingerprint density at radius 3 is 2.63 bits per heavy atom. The fourth-order valence-electron chi connectivity index (χ4n) is 2.22. The molecule has 0 radical (unpaired) electrons. The molecule has 1 aliphatic heterocycles. The van der Waals surface area contributed by atoms with Crippen LogP contribution in [0.2, 0.25) is 0 Å². The lowest BCUT2D eigenvalue weighted by atomic mass is 10.0. The summed E-state index contributed by atoms with van der Waals surface area (Å²) in [5, 5.41) is 11.9. The first-order valence-electron chi connectivity index (χ1n) is 6.80. The molecule has 1 fully saturated rings. The third kappa shape index (κ3) is 4.09. The van der Waals surface area contributed by atoms with Crippen LogP contribution in [0.25, 0.3) is 0 Å². The maximum absolute atomic E-state index is 12.0. The van der Waals surface area contributed by atoms with Crippen LogP contribution in [0.1, 0.15) is 40.0 Å². The molecule has 0 spiro atoms. The molecular weight excluding hydrogens is 248 g/mol. The first-order chi connectivity index (χ1) is 8.89. The van der Waals surface area contributed by atoms with E-state index < -0.39 is 11.5 Å². The SMILES string of the molecule is CCN(C(=O)NCCC1CCCO1)C(C)(C)C(=O)O. The Bertz CT molecular complexity index is 325. The second-order valence-corrected chi connectivity index (χ2v) is 5.26. The highest BCUT2D eigenvalue weighted by Gasteiger charge is 2.36. The highest BCUT2D eigenvalue weighted by atomic mass is 16.5. The molecular formula is C13H24N2O4. The van der Waals surface area contributed by atoms with Crippen molar-refractivity contribution in [3.05, 3.63) is 0 Å². The summed E-state index contributed by atoms with van der Waals surface area (Å²) in [7, 11) is 0. The van der Waals surface area contributed by atoms with Gasteiger partial charge in [-0.25, -0.2) is 9.59 Å². The van der Waals surface area contributed by atoms with Crippen LogP contribution in [-0.2, 0) is 9.53 Å². The van der Waals surface area contributed by atoms with Gasteiger partial charge in [0.05, 0.1) is 6.10 Å². The number of hydrogen-bond donors (Lipinski definition) is 2. The first-order valence-corrected chi connectivity index (χ1v) is 6.80. The minimum Gasteiger partial charge on any atom is -0.480 e. The number of carbonyl (C=O) groups is 2. The highest BCUT2D eigenvalue weighted by Crippen LogP contribution is 2.16. The van der Waals surface area contributed by atoms with Gasteiger partial charge in [0.15, 0.2) is 0 Å². The number of nitrogens with zero attached hydrogens (tertiary/aromatic N) is 1. The van der Waals surface area contributed by atoms with Crippen molar-refractivity contribution in [2.75, 3.05) is 19.7 Å². The summed E-state index contributed by atoms with van der Waals surface area (Å²) < 4.78 is 5.47. The number of carbonyl (C=O) groups excluding carboxylic acids is 1. The van der Waals surface area contributed by atoms with Crippen LogP contribution in [0.15, 0.2) is 0 Å². The molecule has 6 nitrogen and oxygen atoms in total. The van der Waals surface area contributed by atoms with Gasteiger partial charge in [-0.2, -0.15) is 0 Å². The molecule has 19 heavy (non-hydrogen) atoms. The first kappa shape index (κ1) is 15.8. The van der Waals surface area contributed by atoms with Crippen LogP contribution in [-0.4, -0.2) is 53.3 Å². The summed E-state index contributed by atoms with van der Waals surface area (Å²) >= 11 is 0. The maximum Gasteiger partial charge on any atom is 0.329 e. The predicted molar refractivity (Wildman–Crippen MR) is 71.1 cm³/mol. The van der Waals surface area contributed by atoms with Crippen molar-refractivity contribution >= 4 is 12.0 Å². The standard InChI is InChI=1S/C13H24N2O4/c1-4-15(13(2,3)11(16)17)12(18)14-8-7-10-6-5-9-19-10/h10H,4-9H2,1-3H3,(H,14,18)(H,16,17). The summed E-state index contributed by atoms with van der Waals surface area (Å²) in [4.78, 5) is 24.5. The van der Waals surface area contributed by atoms with Gasteiger partial charge in [0.2, 0.25) is 0 Å². The number of ether oxygens (including phenoxy) is 1. The van der Waals surface area contributed by atoms with Gasteiger partial charge in [0.1, 0.15) is 5.54 Å². The summed E-state index contributed by atoms with van der Waals surface area (Å²) in [5.74, 6) is -1.01. The van der Waals surface area contributed by atoms with Crippen molar-refractivity contribution in [2.45, 2.75) is 51.7 Å². The third-order valence-electron chi connectivity index (χ3n) is 3.53. The van der Waals surface area contributed by atoms with E-state index in [1.54, 1.807) is 6.92 Å². The Morgan fingerprint density at radius 1 is 1.47 bits per heavy atom. The highest BCUT2D eigenvalue weighted by molar-refractivity contribution is 5.85. The topological polar surface area (TPSA) is 78.9 Å². The van der Waals surface area contributed by atoms with E-state index in [0.29, 0.717) is 13.1 Å². The van der Waals surface area contributed by atoms with Crippen molar-refractivity contribution in [3.63, 3.8) is 0 Å². The van der Waals surface area contributed by atoms with Crippen molar-refractivity contribution < 1.29 is 19.4 Å². The van der Waals surface area contributed by atoms with Crippen molar-refractivity contribution in [1.82, 2.24) is 10.2 Å². The lowest BCUT2D eigenvalue weighted by Crippen LogP contribution is -2.56. The fourth-order valence-corrected chi connectivity index (χ4v) is 2.22. The molecule has 1 rings (SSSR count). The lowest BCUT2D eigenvalue weighted by molar-refractivity contribution is -0.147. The minimum absolute atomic E-state index is 0.225. The van der Waals surface area contributed by atoms with E-state index in [-0.39, 0.29) is 12.1 Å². The number of nitrogens with one attached hydrogen (secondary N) is 1. The van der Waals surface area contributed by atoms with Gasteiger partial charge in [-0.05, 0) is 40.0 Å². The van der Waals surface area contributed by atoms with E-state index in [4.69, 9.17) is 9.84 Å². The molecule has 0 aromatic carbocycles. The van der Waals surface area contributed by atoms with Gasteiger partial charge in [-0.3, -0.25) is 0 Å². The summed E-state index contributed by atoms with van der Waals surface area (Å²) in [6.45, 7) is 6.48. The quantitative estimate of drug-likeness (QED) is 0.767. The number of amides is 2. The number of hydrogen-bond acceptors (Lipinski definition) is 3. The van der Waals surface area contributed by atoms with Crippen molar-refractivity contribution in [3.8, 4) is 0 Å². The zero-order valence-corrected chi connectivity index (χ0v) is 11.9. The normalized spacial score (nSPS) is 19.2. The molecule has 0 saturated carbocycles. The zero-order chi connectivity index (χ0) is 14.5. The molecule has 2 N–H and O–H groups in total. The Morgan fingerprint density at radius 2 is 2.16 bits per heavy atom. The minimum atomic E-state index is -1.21. The summed E-state index contributed by atoms with van der Waals surface area (Å²) in [5.41, 5.74) is -1.21. The van der Waals surface area contributed by atoms with Crippen LogP contribution < -0.4 is 5.32 Å². The smallest absolute Gasteiger partial charge is 0.329 e. The maximum atomic E-state index is 12.0. The predicted octanol–water partition coefficient (Wildman–Crippen LogP) is 1.45. The molecule has 1 unspecified atom stereocenters. The molecule has 0 aromatic rings. The number of aliphatic carboxylic acids is 1. The largest absolute Gasteiger partial charge is 0.480 e. The van der Waals surface area contributed by atoms with Gasteiger partial charge in [-0.1, -0.05) is 0 Å². The van der Waals surface area contributed by atoms with Crippen LogP contribution in [0.5, 0.6) is 0 Å². The van der Waals surface area contributed by atoms with Crippen LogP contribution in [0, 0.1) is 0 Å². The van der Waals surface area contributed by atoms with E-state index in [1.807, 2.05) is 0 Å². The van der Waals surface area contributed by atoms with Gasteiger partial charge in [0.25, 0.3) is 0 Å². The molecule has 6 heteroatoms. The average Bonchev–Trinajstić information content (AvgIpc) is 2.82. The van der Waals surface area contributed by atoms with Crippen LogP contribution in [0.3, 0.4) is 0 Å². The Labute approximate surface area is 114 Å². The van der Waals surface area contributed by atoms with Crippen LogP contribution >= 0.6 is 0 Å². The third-order valence-corrected chi connectivity index (χ3v) is 3.53. The van der Waals surface area contributed by atoms with Crippen molar-refractivity contribution in [2.24, 2.45) is 0 Å². The molecule has 0 aliphatic carbocycles. The number of rotatable bonds is 6. The molecule has 1 heterocycles. The molecule has 1 aliphatic rings. The van der Waals surface area contributed by atoms with E-state index in [9.17, 15) is 9.59 Å². The number of urea groups is 1. The zero-order valence-electron chi connectivity index (χ0n) is 11.9. The van der Waals surface area contributed by atoms with Gasteiger partial charge in [-0.15, -0.1) is 0 Å². The fraction of sp³-hybridized carbons (Fsp3) is 0.846. The summed E-state index contributed by atoms with van der Waals surface area (Å²) in [6, 6.07) is -0.340. The molecule has 2 amide bonds. The molecule has 110 valence electrons. The van der Waals surface area contributed by atoms with Gasteiger partial charge in [0, 0.05) is 19.7 Å². The van der Waals surface area contributed by atoms with E-state index >= 15 is 0 Å². The lowest BCUT2D eigenvalue weighted by Gasteiger charge is -2.34. The second-order valence-electron chi connectivity index (χ2n) is 5.26. The molecule has 1 atom stereocenters. The van der Waals surface area contributed by atoms with Crippen molar-refractivity contribution in [1.29, 1.82) is 0 Å². The van der Waals surface area contributed by atoms with E-state index in [1.165, 1.54) is 18.7 Å². The molecule has 0 bridgehead atoms. The average molecular weight is 272 g/mol. The number of likely N-dealkylation sites (N-methyl/N-ethyl adjacent to an activating group) is 1. The number of carboxylic acids is 1. The number of carboxylic acid groups (broad SMARTS) is 1.